The third kappa shape index (κ3) is 3.71. The SMILES string of the molecule is CCC1NC(=O)C(C(C)CC)N(CCC(C)C)C1=O. The van der Waals surface area contributed by atoms with E-state index in [0.29, 0.717) is 18.9 Å². The summed E-state index contributed by atoms with van der Waals surface area (Å²) in [6.45, 7) is 11.0. The van der Waals surface area contributed by atoms with Gasteiger partial charge in [0.1, 0.15) is 12.1 Å². The fraction of sp³-hybridized carbons (Fsp3) is 0.867. The third-order valence-corrected chi connectivity index (χ3v) is 4.04. The van der Waals surface area contributed by atoms with Gasteiger partial charge in [-0.05, 0) is 24.7 Å². The second-order valence-electron chi connectivity index (χ2n) is 6.01. The molecule has 0 aromatic heterocycles. The molecule has 4 nitrogen and oxygen atoms in total. The van der Waals surface area contributed by atoms with Crippen LogP contribution in [0, 0.1) is 11.8 Å². The Labute approximate surface area is 116 Å². The van der Waals surface area contributed by atoms with E-state index in [1.54, 1.807) is 0 Å². The average Bonchev–Trinajstić information content (AvgIpc) is 2.37. The van der Waals surface area contributed by atoms with Crippen LogP contribution < -0.4 is 5.32 Å². The number of amides is 2. The van der Waals surface area contributed by atoms with Crippen LogP contribution in [0.4, 0.5) is 0 Å². The Hall–Kier alpha value is -1.06. The Morgan fingerprint density at radius 3 is 2.32 bits per heavy atom. The smallest absolute Gasteiger partial charge is 0.245 e. The number of carbonyl (C=O) groups excluding carboxylic acids is 2. The lowest BCUT2D eigenvalue weighted by Gasteiger charge is -2.41. The van der Waals surface area contributed by atoms with Crippen molar-refractivity contribution in [1.82, 2.24) is 10.2 Å². The van der Waals surface area contributed by atoms with E-state index in [1.165, 1.54) is 0 Å². The van der Waals surface area contributed by atoms with Crippen LogP contribution in [0.25, 0.3) is 0 Å². The van der Waals surface area contributed by atoms with Gasteiger partial charge in [0.15, 0.2) is 0 Å². The molecule has 4 heteroatoms. The van der Waals surface area contributed by atoms with Gasteiger partial charge < -0.3 is 10.2 Å². The number of carbonyl (C=O) groups is 2. The van der Waals surface area contributed by atoms with Crippen LogP contribution in [0.1, 0.15) is 53.9 Å². The second kappa shape index (κ2) is 6.92. The largest absolute Gasteiger partial charge is 0.343 e. The van der Waals surface area contributed by atoms with E-state index >= 15 is 0 Å². The fourth-order valence-corrected chi connectivity index (χ4v) is 2.51. The summed E-state index contributed by atoms with van der Waals surface area (Å²) in [5.74, 6) is 0.849. The summed E-state index contributed by atoms with van der Waals surface area (Å²) in [6.07, 6.45) is 2.51. The first kappa shape index (κ1) is 16.0. The molecular weight excluding hydrogens is 240 g/mol. The van der Waals surface area contributed by atoms with E-state index in [2.05, 4.69) is 26.1 Å². The lowest BCUT2D eigenvalue weighted by Crippen LogP contribution is -2.65. The van der Waals surface area contributed by atoms with Crippen LogP contribution in [0.3, 0.4) is 0 Å². The van der Waals surface area contributed by atoms with Gasteiger partial charge in [-0.1, -0.05) is 41.0 Å². The normalized spacial score (nSPS) is 25.7. The molecule has 3 unspecified atom stereocenters. The van der Waals surface area contributed by atoms with Crippen LogP contribution >= 0.6 is 0 Å². The van der Waals surface area contributed by atoms with Crippen molar-refractivity contribution in [2.75, 3.05) is 6.54 Å². The first-order chi connectivity index (χ1) is 8.92. The van der Waals surface area contributed by atoms with Crippen molar-refractivity contribution >= 4 is 11.8 Å². The highest BCUT2D eigenvalue weighted by Gasteiger charge is 2.41. The zero-order chi connectivity index (χ0) is 14.6. The molecule has 1 saturated heterocycles. The van der Waals surface area contributed by atoms with Crippen molar-refractivity contribution in [3.63, 3.8) is 0 Å². The maximum absolute atomic E-state index is 12.5. The third-order valence-electron chi connectivity index (χ3n) is 4.04. The fourth-order valence-electron chi connectivity index (χ4n) is 2.51. The van der Waals surface area contributed by atoms with Gasteiger partial charge in [0.2, 0.25) is 11.8 Å². The van der Waals surface area contributed by atoms with Crippen LogP contribution in [-0.2, 0) is 9.59 Å². The topological polar surface area (TPSA) is 49.4 Å². The lowest BCUT2D eigenvalue weighted by molar-refractivity contribution is -0.151. The molecule has 0 bridgehead atoms. The average molecular weight is 268 g/mol. The predicted octanol–water partition coefficient (Wildman–Crippen LogP) is 2.18. The molecule has 0 aromatic rings. The highest BCUT2D eigenvalue weighted by molar-refractivity contribution is 5.97. The number of hydrogen-bond donors (Lipinski definition) is 1. The molecule has 1 N–H and O–H groups in total. The molecule has 1 fully saturated rings. The molecule has 1 aliphatic rings. The minimum atomic E-state index is -0.333. The van der Waals surface area contributed by atoms with Gasteiger partial charge >= 0.3 is 0 Å². The van der Waals surface area contributed by atoms with E-state index in [4.69, 9.17) is 0 Å². The minimum absolute atomic E-state index is 0.0181. The van der Waals surface area contributed by atoms with Gasteiger partial charge in [-0.15, -0.1) is 0 Å². The summed E-state index contributed by atoms with van der Waals surface area (Å²) >= 11 is 0. The molecule has 0 saturated carbocycles. The molecule has 0 aromatic carbocycles. The molecule has 3 atom stereocenters. The van der Waals surface area contributed by atoms with Crippen LogP contribution in [-0.4, -0.2) is 35.3 Å². The molecule has 0 aliphatic carbocycles. The highest BCUT2D eigenvalue weighted by atomic mass is 16.2. The summed E-state index contributed by atoms with van der Waals surface area (Å²) in [5.41, 5.74) is 0. The van der Waals surface area contributed by atoms with Crippen molar-refractivity contribution in [3.8, 4) is 0 Å². The highest BCUT2D eigenvalue weighted by Crippen LogP contribution is 2.22. The molecule has 2 amide bonds. The van der Waals surface area contributed by atoms with E-state index in [1.807, 2.05) is 18.7 Å². The Morgan fingerprint density at radius 1 is 1.21 bits per heavy atom. The van der Waals surface area contributed by atoms with Crippen molar-refractivity contribution < 1.29 is 9.59 Å². The second-order valence-corrected chi connectivity index (χ2v) is 6.01. The molecule has 0 radical (unpaired) electrons. The number of rotatable bonds is 6. The number of nitrogens with zero attached hydrogens (tertiary/aromatic N) is 1. The standard InChI is InChI=1S/C15H28N2O2/c1-6-11(5)13-14(18)16-12(7-2)15(19)17(13)9-8-10(3)4/h10-13H,6-9H2,1-5H3,(H,16,18). The molecular formula is C15H28N2O2. The van der Waals surface area contributed by atoms with E-state index in [0.717, 1.165) is 12.8 Å². The van der Waals surface area contributed by atoms with E-state index < -0.39 is 0 Å². The van der Waals surface area contributed by atoms with Gasteiger partial charge in [-0.3, -0.25) is 9.59 Å². The van der Waals surface area contributed by atoms with Gasteiger partial charge in [0.25, 0.3) is 0 Å². The van der Waals surface area contributed by atoms with Crippen molar-refractivity contribution in [2.24, 2.45) is 11.8 Å². The molecule has 19 heavy (non-hydrogen) atoms. The summed E-state index contributed by atoms with van der Waals surface area (Å²) in [6, 6.07) is -0.626. The zero-order valence-electron chi connectivity index (χ0n) is 12.9. The monoisotopic (exact) mass is 268 g/mol. The van der Waals surface area contributed by atoms with Gasteiger partial charge in [-0.2, -0.15) is 0 Å². The van der Waals surface area contributed by atoms with Crippen molar-refractivity contribution in [1.29, 1.82) is 0 Å². The Bertz CT molecular complexity index is 328. The number of hydrogen-bond acceptors (Lipinski definition) is 2. The Kier molecular flexibility index (Phi) is 5.83. The van der Waals surface area contributed by atoms with Crippen molar-refractivity contribution in [2.45, 2.75) is 66.0 Å². The summed E-state index contributed by atoms with van der Waals surface area (Å²) in [5, 5.41) is 2.87. The van der Waals surface area contributed by atoms with Crippen LogP contribution in [0.15, 0.2) is 0 Å². The Morgan fingerprint density at radius 2 is 1.84 bits per heavy atom. The quantitative estimate of drug-likeness (QED) is 0.802. The van der Waals surface area contributed by atoms with Crippen LogP contribution in [0.5, 0.6) is 0 Å². The van der Waals surface area contributed by atoms with E-state index in [9.17, 15) is 9.59 Å². The number of piperazine rings is 1. The molecule has 0 spiro atoms. The first-order valence-electron chi connectivity index (χ1n) is 7.53. The van der Waals surface area contributed by atoms with E-state index in [-0.39, 0.29) is 29.8 Å². The Balaban J connectivity index is 2.90. The van der Waals surface area contributed by atoms with Crippen molar-refractivity contribution in [3.05, 3.63) is 0 Å². The lowest BCUT2D eigenvalue weighted by atomic mass is 9.92. The first-order valence-corrected chi connectivity index (χ1v) is 7.53. The summed E-state index contributed by atoms with van der Waals surface area (Å²) < 4.78 is 0. The minimum Gasteiger partial charge on any atom is -0.343 e. The molecule has 1 aliphatic heterocycles. The molecule has 1 heterocycles. The van der Waals surface area contributed by atoms with Crippen LogP contribution in [0.2, 0.25) is 0 Å². The summed E-state index contributed by atoms with van der Waals surface area (Å²) in [7, 11) is 0. The molecule has 110 valence electrons. The maximum Gasteiger partial charge on any atom is 0.245 e. The maximum atomic E-state index is 12.5. The predicted molar refractivity (Wildman–Crippen MR) is 76.6 cm³/mol. The van der Waals surface area contributed by atoms with Gasteiger partial charge in [-0.25, -0.2) is 0 Å². The summed E-state index contributed by atoms with van der Waals surface area (Å²) in [4.78, 5) is 26.5. The van der Waals surface area contributed by atoms with Gasteiger partial charge in [0, 0.05) is 6.54 Å². The zero-order valence-corrected chi connectivity index (χ0v) is 12.9. The molecule has 1 rings (SSSR count). The number of nitrogens with one attached hydrogen (secondary N) is 1. The van der Waals surface area contributed by atoms with Gasteiger partial charge in [0.05, 0.1) is 0 Å².